The zero-order valence-corrected chi connectivity index (χ0v) is 13.2. The van der Waals surface area contributed by atoms with E-state index in [2.05, 4.69) is 62.8 Å². The van der Waals surface area contributed by atoms with Gasteiger partial charge in [-0.3, -0.25) is 0 Å². The molecule has 0 fully saturated rings. The van der Waals surface area contributed by atoms with Crippen LogP contribution in [-0.2, 0) is 17.8 Å². The molecule has 1 rings (SSSR count). The standard InChI is InChI=1S/C16H30N2O/c1-14(2)8-11-19-12-10-18-9-6-7-15(18)13-17-16(3,4)5/h6-7,9,14,17H,8,10-13H2,1-5H3. The van der Waals surface area contributed by atoms with Crippen molar-refractivity contribution in [1.82, 2.24) is 9.88 Å². The second-order valence-corrected chi connectivity index (χ2v) is 6.59. The summed E-state index contributed by atoms with van der Waals surface area (Å²) >= 11 is 0. The first-order valence-electron chi connectivity index (χ1n) is 7.35. The summed E-state index contributed by atoms with van der Waals surface area (Å²) in [5.74, 6) is 0.720. The minimum absolute atomic E-state index is 0.156. The van der Waals surface area contributed by atoms with Gasteiger partial charge >= 0.3 is 0 Å². The molecule has 1 heterocycles. The van der Waals surface area contributed by atoms with Crippen LogP contribution in [0.1, 0.15) is 46.7 Å². The van der Waals surface area contributed by atoms with Crippen molar-refractivity contribution in [3.8, 4) is 0 Å². The van der Waals surface area contributed by atoms with Crippen LogP contribution in [0.25, 0.3) is 0 Å². The van der Waals surface area contributed by atoms with Gasteiger partial charge in [0.05, 0.1) is 6.61 Å². The van der Waals surface area contributed by atoms with Crippen molar-refractivity contribution in [2.45, 2.75) is 59.7 Å². The van der Waals surface area contributed by atoms with E-state index in [1.54, 1.807) is 0 Å². The molecule has 0 amide bonds. The number of hydrogen-bond donors (Lipinski definition) is 1. The Labute approximate surface area is 118 Å². The maximum Gasteiger partial charge on any atom is 0.0645 e. The first-order chi connectivity index (χ1) is 8.88. The fourth-order valence-electron chi connectivity index (χ4n) is 1.77. The van der Waals surface area contributed by atoms with Crippen LogP contribution in [0.2, 0.25) is 0 Å². The van der Waals surface area contributed by atoms with Crippen LogP contribution < -0.4 is 5.32 Å². The smallest absolute Gasteiger partial charge is 0.0645 e. The number of hydrogen-bond acceptors (Lipinski definition) is 2. The highest BCUT2D eigenvalue weighted by Gasteiger charge is 2.09. The van der Waals surface area contributed by atoms with E-state index in [4.69, 9.17) is 4.74 Å². The lowest BCUT2D eigenvalue weighted by atomic mass is 10.1. The Kier molecular flexibility index (Phi) is 6.59. The van der Waals surface area contributed by atoms with E-state index in [1.165, 1.54) is 5.69 Å². The third-order valence-corrected chi connectivity index (χ3v) is 3.04. The molecule has 1 aromatic heterocycles. The summed E-state index contributed by atoms with van der Waals surface area (Å²) in [6.45, 7) is 14.5. The van der Waals surface area contributed by atoms with Crippen molar-refractivity contribution >= 4 is 0 Å². The molecule has 0 unspecified atom stereocenters. The number of aromatic nitrogens is 1. The lowest BCUT2D eigenvalue weighted by Crippen LogP contribution is -2.35. The van der Waals surface area contributed by atoms with Crippen LogP contribution in [0.15, 0.2) is 18.3 Å². The molecule has 19 heavy (non-hydrogen) atoms. The summed E-state index contributed by atoms with van der Waals surface area (Å²) in [7, 11) is 0. The Bertz CT molecular complexity index is 350. The van der Waals surface area contributed by atoms with Gasteiger partial charge in [0.1, 0.15) is 0 Å². The molecule has 110 valence electrons. The van der Waals surface area contributed by atoms with Crippen LogP contribution in [-0.4, -0.2) is 23.3 Å². The molecule has 0 radical (unpaired) electrons. The van der Waals surface area contributed by atoms with Gasteiger partial charge in [0.15, 0.2) is 0 Å². The van der Waals surface area contributed by atoms with Crippen molar-refractivity contribution in [3.63, 3.8) is 0 Å². The summed E-state index contributed by atoms with van der Waals surface area (Å²) in [4.78, 5) is 0. The monoisotopic (exact) mass is 266 g/mol. The Morgan fingerprint density at radius 2 is 2.00 bits per heavy atom. The lowest BCUT2D eigenvalue weighted by Gasteiger charge is -2.21. The van der Waals surface area contributed by atoms with E-state index in [0.29, 0.717) is 0 Å². The van der Waals surface area contributed by atoms with Crippen LogP contribution >= 0.6 is 0 Å². The molecule has 0 saturated carbocycles. The third-order valence-electron chi connectivity index (χ3n) is 3.04. The predicted octanol–water partition coefficient (Wildman–Crippen LogP) is 3.44. The van der Waals surface area contributed by atoms with E-state index in [9.17, 15) is 0 Å². The Morgan fingerprint density at radius 1 is 1.26 bits per heavy atom. The van der Waals surface area contributed by atoms with Crippen molar-refractivity contribution < 1.29 is 4.74 Å². The molecule has 1 N–H and O–H groups in total. The van der Waals surface area contributed by atoms with Crippen molar-refractivity contribution in [2.24, 2.45) is 5.92 Å². The van der Waals surface area contributed by atoms with Gasteiger partial charge < -0.3 is 14.6 Å². The highest BCUT2D eigenvalue weighted by atomic mass is 16.5. The maximum atomic E-state index is 5.68. The molecule has 0 aromatic carbocycles. The van der Waals surface area contributed by atoms with Crippen LogP contribution in [0, 0.1) is 5.92 Å². The SMILES string of the molecule is CC(C)CCOCCn1cccc1CNC(C)(C)C. The van der Waals surface area contributed by atoms with Crippen LogP contribution in [0.5, 0.6) is 0 Å². The van der Waals surface area contributed by atoms with Crippen LogP contribution in [0.3, 0.4) is 0 Å². The Balaban J connectivity index is 2.28. The molecular formula is C16H30N2O. The number of ether oxygens (including phenoxy) is 1. The molecule has 3 nitrogen and oxygen atoms in total. The third kappa shape index (κ3) is 7.38. The zero-order chi connectivity index (χ0) is 14.3. The molecule has 0 atom stereocenters. The molecule has 0 aliphatic carbocycles. The summed E-state index contributed by atoms with van der Waals surface area (Å²) < 4.78 is 7.95. The minimum Gasteiger partial charge on any atom is -0.380 e. The summed E-state index contributed by atoms with van der Waals surface area (Å²) in [6.07, 6.45) is 3.27. The second-order valence-electron chi connectivity index (χ2n) is 6.59. The van der Waals surface area contributed by atoms with Gasteiger partial charge in [-0.2, -0.15) is 0 Å². The van der Waals surface area contributed by atoms with E-state index in [0.717, 1.165) is 38.6 Å². The summed E-state index contributed by atoms with van der Waals surface area (Å²) in [5.41, 5.74) is 1.48. The molecule has 0 spiro atoms. The second kappa shape index (κ2) is 7.71. The molecule has 1 aromatic rings. The van der Waals surface area contributed by atoms with Gasteiger partial charge in [-0.15, -0.1) is 0 Å². The fourth-order valence-corrected chi connectivity index (χ4v) is 1.77. The average Bonchev–Trinajstić information content (AvgIpc) is 2.72. The maximum absolute atomic E-state index is 5.68. The number of nitrogens with one attached hydrogen (secondary N) is 1. The van der Waals surface area contributed by atoms with Crippen LogP contribution in [0.4, 0.5) is 0 Å². The van der Waals surface area contributed by atoms with Gasteiger partial charge in [-0.25, -0.2) is 0 Å². The van der Waals surface area contributed by atoms with Gasteiger partial charge in [0.2, 0.25) is 0 Å². The largest absolute Gasteiger partial charge is 0.380 e. The fraction of sp³-hybridized carbons (Fsp3) is 0.750. The van der Waals surface area contributed by atoms with Gasteiger partial charge in [0, 0.05) is 37.1 Å². The lowest BCUT2D eigenvalue weighted by molar-refractivity contribution is 0.115. The first kappa shape index (κ1) is 16.3. The molecule has 0 bridgehead atoms. The normalized spacial score (nSPS) is 12.3. The molecule has 3 heteroatoms. The predicted molar refractivity (Wildman–Crippen MR) is 81.3 cm³/mol. The van der Waals surface area contributed by atoms with Crippen molar-refractivity contribution in [2.75, 3.05) is 13.2 Å². The Hall–Kier alpha value is -0.800. The average molecular weight is 266 g/mol. The van der Waals surface area contributed by atoms with Gasteiger partial charge in [-0.05, 0) is 45.2 Å². The molecule has 0 saturated heterocycles. The van der Waals surface area contributed by atoms with E-state index >= 15 is 0 Å². The van der Waals surface area contributed by atoms with E-state index in [-0.39, 0.29) is 5.54 Å². The molecular weight excluding hydrogens is 236 g/mol. The summed E-state index contributed by atoms with van der Waals surface area (Å²) in [5, 5.41) is 3.52. The minimum atomic E-state index is 0.156. The summed E-state index contributed by atoms with van der Waals surface area (Å²) in [6, 6.07) is 4.28. The van der Waals surface area contributed by atoms with Crippen molar-refractivity contribution in [1.29, 1.82) is 0 Å². The van der Waals surface area contributed by atoms with Crippen molar-refractivity contribution in [3.05, 3.63) is 24.0 Å². The van der Waals surface area contributed by atoms with E-state index in [1.807, 2.05) is 0 Å². The van der Waals surface area contributed by atoms with Gasteiger partial charge in [-0.1, -0.05) is 13.8 Å². The first-order valence-corrected chi connectivity index (χ1v) is 7.35. The van der Waals surface area contributed by atoms with Gasteiger partial charge in [0.25, 0.3) is 0 Å². The zero-order valence-electron chi connectivity index (χ0n) is 13.2. The van der Waals surface area contributed by atoms with E-state index < -0.39 is 0 Å². The number of nitrogens with zero attached hydrogens (tertiary/aromatic N) is 1. The molecule has 0 aliphatic rings. The Morgan fingerprint density at radius 3 is 2.63 bits per heavy atom. The highest BCUT2D eigenvalue weighted by molar-refractivity contribution is 5.07. The number of rotatable bonds is 8. The molecule has 0 aliphatic heterocycles. The quantitative estimate of drug-likeness (QED) is 0.730. The topological polar surface area (TPSA) is 26.2 Å². The highest BCUT2D eigenvalue weighted by Crippen LogP contribution is 2.06.